The molecule has 1 aromatic rings. The topological polar surface area (TPSA) is 9.23 Å². The Kier molecular flexibility index (Phi) is 3.68. The highest BCUT2D eigenvalue weighted by Crippen LogP contribution is 2.24. The van der Waals surface area contributed by atoms with Crippen molar-refractivity contribution in [3.05, 3.63) is 53.8 Å². The number of hydrogen-bond donors (Lipinski definition) is 0. The fourth-order valence-electron chi connectivity index (χ4n) is 1.94. The summed E-state index contributed by atoms with van der Waals surface area (Å²) in [4.78, 5) is 0. The molecule has 1 aliphatic rings. The van der Waals surface area contributed by atoms with Crippen molar-refractivity contribution in [3.63, 3.8) is 0 Å². The normalized spacial score (nSPS) is 19.3. The Labute approximate surface area is 104 Å². The van der Waals surface area contributed by atoms with E-state index in [1.165, 1.54) is 5.56 Å². The van der Waals surface area contributed by atoms with E-state index in [-0.39, 0.29) is 0 Å². The molecule has 1 aromatic carbocycles. The standard InChI is InChI=1S/C16H20O/c1-12(2)14-7-5-9-16(11-14)17-15-8-4-6-13(3)10-15/h4-5,7-13H,6H2,1-3H3. The van der Waals surface area contributed by atoms with Gasteiger partial charge in [-0.15, -0.1) is 0 Å². The molecule has 17 heavy (non-hydrogen) atoms. The van der Waals surface area contributed by atoms with Gasteiger partial charge >= 0.3 is 0 Å². The minimum absolute atomic E-state index is 0.536. The van der Waals surface area contributed by atoms with E-state index in [1.54, 1.807) is 0 Å². The molecule has 0 saturated heterocycles. The van der Waals surface area contributed by atoms with Crippen LogP contribution in [0.2, 0.25) is 0 Å². The number of ether oxygens (including phenoxy) is 1. The van der Waals surface area contributed by atoms with Gasteiger partial charge in [-0.1, -0.05) is 39.0 Å². The molecule has 0 amide bonds. The molecule has 0 spiro atoms. The molecule has 1 heteroatoms. The van der Waals surface area contributed by atoms with Crippen molar-refractivity contribution >= 4 is 0 Å². The second-order valence-electron chi connectivity index (χ2n) is 5.01. The van der Waals surface area contributed by atoms with E-state index in [0.29, 0.717) is 11.8 Å². The van der Waals surface area contributed by atoms with Gasteiger partial charge in [-0.05, 0) is 48.1 Å². The van der Waals surface area contributed by atoms with Crippen molar-refractivity contribution in [2.45, 2.75) is 33.1 Å². The minimum Gasteiger partial charge on any atom is -0.458 e. The Morgan fingerprint density at radius 1 is 1.29 bits per heavy atom. The molecule has 0 fully saturated rings. The Morgan fingerprint density at radius 3 is 2.82 bits per heavy atom. The molecular weight excluding hydrogens is 208 g/mol. The predicted molar refractivity (Wildman–Crippen MR) is 72.2 cm³/mol. The first kappa shape index (κ1) is 12.0. The van der Waals surface area contributed by atoms with Crippen LogP contribution in [-0.2, 0) is 0 Å². The average Bonchev–Trinajstić information content (AvgIpc) is 2.29. The molecule has 90 valence electrons. The van der Waals surface area contributed by atoms with Crippen LogP contribution in [0, 0.1) is 5.92 Å². The van der Waals surface area contributed by atoms with Gasteiger partial charge in [-0.2, -0.15) is 0 Å². The average molecular weight is 228 g/mol. The molecule has 0 radical (unpaired) electrons. The summed E-state index contributed by atoms with van der Waals surface area (Å²) in [7, 11) is 0. The summed E-state index contributed by atoms with van der Waals surface area (Å²) in [5, 5.41) is 0. The first-order valence-electron chi connectivity index (χ1n) is 6.31. The summed E-state index contributed by atoms with van der Waals surface area (Å²) in [6.45, 7) is 6.60. The van der Waals surface area contributed by atoms with E-state index < -0.39 is 0 Å². The van der Waals surface area contributed by atoms with Crippen molar-refractivity contribution in [1.29, 1.82) is 0 Å². The maximum absolute atomic E-state index is 5.89. The zero-order valence-corrected chi connectivity index (χ0v) is 10.8. The van der Waals surface area contributed by atoms with Gasteiger partial charge in [-0.25, -0.2) is 0 Å². The minimum atomic E-state index is 0.536. The largest absolute Gasteiger partial charge is 0.458 e. The highest BCUT2D eigenvalue weighted by molar-refractivity contribution is 5.33. The van der Waals surface area contributed by atoms with E-state index in [9.17, 15) is 0 Å². The molecule has 1 nitrogen and oxygen atoms in total. The Morgan fingerprint density at radius 2 is 2.12 bits per heavy atom. The lowest BCUT2D eigenvalue weighted by Gasteiger charge is -2.14. The van der Waals surface area contributed by atoms with Crippen LogP contribution in [0.15, 0.2) is 48.3 Å². The van der Waals surface area contributed by atoms with E-state index in [1.807, 2.05) is 6.07 Å². The van der Waals surface area contributed by atoms with Crippen LogP contribution in [0.4, 0.5) is 0 Å². The summed E-state index contributed by atoms with van der Waals surface area (Å²) in [6, 6.07) is 8.34. The van der Waals surface area contributed by atoms with Crippen LogP contribution < -0.4 is 4.74 Å². The maximum Gasteiger partial charge on any atom is 0.127 e. The first-order valence-corrected chi connectivity index (χ1v) is 6.31. The third kappa shape index (κ3) is 3.23. The van der Waals surface area contributed by atoms with Gasteiger partial charge < -0.3 is 4.74 Å². The first-order chi connectivity index (χ1) is 8.15. The van der Waals surface area contributed by atoms with Crippen molar-refractivity contribution < 1.29 is 4.74 Å². The van der Waals surface area contributed by atoms with Gasteiger partial charge in [0.1, 0.15) is 11.5 Å². The predicted octanol–water partition coefficient (Wildman–Crippen LogP) is 4.67. The van der Waals surface area contributed by atoms with Crippen LogP contribution in [0.5, 0.6) is 5.75 Å². The molecule has 0 aromatic heterocycles. The third-order valence-electron chi connectivity index (χ3n) is 3.00. The lowest BCUT2D eigenvalue weighted by atomic mass is 10.0. The van der Waals surface area contributed by atoms with Crippen LogP contribution in [0.3, 0.4) is 0 Å². The van der Waals surface area contributed by atoms with Crippen LogP contribution in [0.1, 0.15) is 38.7 Å². The second-order valence-corrected chi connectivity index (χ2v) is 5.01. The molecule has 0 saturated carbocycles. The quantitative estimate of drug-likeness (QED) is 0.730. The van der Waals surface area contributed by atoms with E-state index in [0.717, 1.165) is 17.9 Å². The summed E-state index contributed by atoms with van der Waals surface area (Å²) in [5.74, 6) is 3.00. The Bertz CT molecular complexity index is 441. The molecule has 0 N–H and O–H groups in total. The molecule has 1 atom stereocenters. The third-order valence-corrected chi connectivity index (χ3v) is 3.00. The number of hydrogen-bond acceptors (Lipinski definition) is 1. The highest BCUT2D eigenvalue weighted by Gasteiger charge is 2.07. The van der Waals surface area contributed by atoms with Crippen molar-refractivity contribution in [2.24, 2.45) is 5.92 Å². The Balaban J connectivity index is 2.13. The summed E-state index contributed by atoms with van der Waals surface area (Å²) in [5.41, 5.74) is 1.32. The van der Waals surface area contributed by atoms with Gasteiger partial charge in [0.25, 0.3) is 0 Å². The van der Waals surface area contributed by atoms with Gasteiger partial charge in [-0.3, -0.25) is 0 Å². The fraction of sp³-hybridized carbons (Fsp3) is 0.375. The monoisotopic (exact) mass is 228 g/mol. The Hall–Kier alpha value is -1.50. The van der Waals surface area contributed by atoms with E-state index in [4.69, 9.17) is 4.74 Å². The van der Waals surface area contributed by atoms with Gasteiger partial charge in [0.05, 0.1) is 0 Å². The SMILES string of the molecule is CC1C=C(Oc2cccc(C(C)C)c2)C=CC1. The summed E-state index contributed by atoms with van der Waals surface area (Å²) >= 11 is 0. The van der Waals surface area contributed by atoms with Gasteiger partial charge in [0.2, 0.25) is 0 Å². The summed E-state index contributed by atoms with van der Waals surface area (Å²) < 4.78 is 5.89. The molecule has 1 unspecified atom stereocenters. The van der Waals surface area contributed by atoms with Crippen molar-refractivity contribution in [1.82, 2.24) is 0 Å². The zero-order valence-electron chi connectivity index (χ0n) is 10.8. The van der Waals surface area contributed by atoms with Crippen LogP contribution in [-0.4, -0.2) is 0 Å². The van der Waals surface area contributed by atoms with E-state index >= 15 is 0 Å². The molecule has 0 heterocycles. The molecule has 2 rings (SSSR count). The lowest BCUT2D eigenvalue weighted by molar-refractivity contribution is 0.431. The van der Waals surface area contributed by atoms with Gasteiger partial charge in [0.15, 0.2) is 0 Å². The summed E-state index contributed by atoms with van der Waals surface area (Å²) in [6.07, 6.45) is 7.52. The molecular formula is C16H20O. The van der Waals surface area contributed by atoms with Crippen LogP contribution in [0.25, 0.3) is 0 Å². The number of benzene rings is 1. The van der Waals surface area contributed by atoms with Crippen LogP contribution >= 0.6 is 0 Å². The fourth-order valence-corrected chi connectivity index (χ4v) is 1.94. The molecule has 1 aliphatic carbocycles. The maximum atomic E-state index is 5.89. The molecule has 0 aliphatic heterocycles. The smallest absolute Gasteiger partial charge is 0.127 e. The van der Waals surface area contributed by atoms with Crippen molar-refractivity contribution in [3.8, 4) is 5.75 Å². The zero-order chi connectivity index (χ0) is 12.3. The number of rotatable bonds is 3. The highest BCUT2D eigenvalue weighted by atomic mass is 16.5. The molecule has 0 bridgehead atoms. The van der Waals surface area contributed by atoms with Gasteiger partial charge in [0, 0.05) is 0 Å². The lowest BCUT2D eigenvalue weighted by Crippen LogP contribution is -2.01. The van der Waals surface area contributed by atoms with E-state index in [2.05, 4.69) is 57.2 Å². The van der Waals surface area contributed by atoms with Crippen molar-refractivity contribution in [2.75, 3.05) is 0 Å². The second kappa shape index (κ2) is 5.22. The number of allylic oxidation sites excluding steroid dienone is 3.